The molecule has 0 saturated heterocycles. The second-order valence-corrected chi connectivity index (χ2v) is 6.03. The Labute approximate surface area is 123 Å². The van der Waals surface area contributed by atoms with E-state index in [2.05, 4.69) is 31.1 Å². The van der Waals surface area contributed by atoms with E-state index in [1.165, 1.54) is 0 Å². The molecule has 0 spiro atoms. The average Bonchev–Trinajstić information content (AvgIpc) is 2.36. The van der Waals surface area contributed by atoms with E-state index in [0.717, 1.165) is 19.4 Å². The first-order chi connectivity index (χ1) is 8.75. The van der Waals surface area contributed by atoms with Crippen molar-refractivity contribution >= 4 is 23.1 Å². The van der Waals surface area contributed by atoms with Gasteiger partial charge in [0, 0.05) is 12.6 Å². The maximum Gasteiger partial charge on any atom is 0.232 e. The molecule has 0 saturated carbocycles. The molecule has 4 nitrogen and oxygen atoms in total. The number of thiocarbonyl (C=S) groups is 1. The molecule has 0 rings (SSSR count). The zero-order valence-electron chi connectivity index (χ0n) is 13.0. The van der Waals surface area contributed by atoms with Gasteiger partial charge < -0.3 is 16.0 Å². The molecule has 0 heterocycles. The van der Waals surface area contributed by atoms with Gasteiger partial charge in [0.15, 0.2) is 0 Å². The average molecular weight is 287 g/mol. The third-order valence-electron chi connectivity index (χ3n) is 3.86. The first kappa shape index (κ1) is 18.3. The Morgan fingerprint density at radius 3 is 2.42 bits per heavy atom. The van der Waals surface area contributed by atoms with Crippen molar-refractivity contribution in [2.24, 2.45) is 11.1 Å². The van der Waals surface area contributed by atoms with Gasteiger partial charge in [-0.2, -0.15) is 0 Å². The molecule has 1 atom stereocenters. The van der Waals surface area contributed by atoms with Gasteiger partial charge in [0.2, 0.25) is 5.91 Å². The van der Waals surface area contributed by atoms with E-state index < -0.39 is 5.41 Å². The number of nitrogens with zero attached hydrogens (tertiary/aromatic N) is 1. The van der Waals surface area contributed by atoms with Crippen molar-refractivity contribution in [3.8, 4) is 0 Å². The number of hydrogen-bond acceptors (Lipinski definition) is 3. The van der Waals surface area contributed by atoms with E-state index in [4.69, 9.17) is 18.0 Å². The van der Waals surface area contributed by atoms with Gasteiger partial charge in [-0.25, -0.2) is 0 Å². The molecule has 19 heavy (non-hydrogen) atoms. The molecule has 5 heteroatoms. The molecule has 0 bridgehead atoms. The van der Waals surface area contributed by atoms with E-state index in [0.29, 0.717) is 19.0 Å². The molecule has 1 unspecified atom stereocenters. The number of nitrogens with one attached hydrogen (secondary N) is 1. The summed E-state index contributed by atoms with van der Waals surface area (Å²) < 4.78 is 0. The maximum absolute atomic E-state index is 12.1. The molecule has 0 radical (unpaired) electrons. The molecule has 0 aliphatic carbocycles. The van der Waals surface area contributed by atoms with Crippen LogP contribution >= 0.6 is 12.2 Å². The van der Waals surface area contributed by atoms with Gasteiger partial charge in [0.05, 0.1) is 10.4 Å². The third-order valence-corrected chi connectivity index (χ3v) is 4.31. The third kappa shape index (κ3) is 5.87. The van der Waals surface area contributed by atoms with E-state index in [9.17, 15) is 4.79 Å². The molecule has 3 N–H and O–H groups in total. The summed E-state index contributed by atoms with van der Waals surface area (Å²) in [7, 11) is 2.12. The minimum atomic E-state index is -0.718. The van der Waals surface area contributed by atoms with Crippen molar-refractivity contribution in [3.63, 3.8) is 0 Å². The van der Waals surface area contributed by atoms with Gasteiger partial charge in [0.1, 0.15) is 0 Å². The minimum Gasteiger partial charge on any atom is -0.392 e. The lowest BCUT2D eigenvalue weighted by Gasteiger charge is -2.25. The Hall–Kier alpha value is -0.680. The van der Waals surface area contributed by atoms with Crippen LogP contribution in [-0.2, 0) is 4.79 Å². The van der Waals surface area contributed by atoms with Crippen molar-refractivity contribution in [2.75, 3.05) is 20.1 Å². The number of amides is 1. The van der Waals surface area contributed by atoms with Crippen LogP contribution < -0.4 is 11.1 Å². The zero-order chi connectivity index (χ0) is 15.1. The predicted octanol–water partition coefficient (Wildman–Crippen LogP) is 1.93. The van der Waals surface area contributed by atoms with Gasteiger partial charge in [-0.15, -0.1) is 0 Å². The van der Waals surface area contributed by atoms with E-state index >= 15 is 0 Å². The first-order valence-electron chi connectivity index (χ1n) is 7.04. The van der Waals surface area contributed by atoms with Crippen molar-refractivity contribution < 1.29 is 4.79 Å². The second kappa shape index (κ2) is 8.48. The van der Waals surface area contributed by atoms with Gasteiger partial charge in [-0.3, -0.25) is 4.79 Å². The SMILES string of the molecule is CCC(C)(C(=O)NCCCCN(C)C(C)C)C(N)=S. The van der Waals surface area contributed by atoms with Crippen LogP contribution in [-0.4, -0.2) is 42.0 Å². The van der Waals surface area contributed by atoms with Crippen molar-refractivity contribution in [1.29, 1.82) is 0 Å². The highest BCUT2D eigenvalue weighted by molar-refractivity contribution is 7.80. The molecular weight excluding hydrogens is 258 g/mol. The summed E-state index contributed by atoms with van der Waals surface area (Å²) in [5, 5.41) is 2.93. The second-order valence-electron chi connectivity index (χ2n) is 5.59. The highest BCUT2D eigenvalue weighted by atomic mass is 32.1. The lowest BCUT2D eigenvalue weighted by Crippen LogP contribution is -2.46. The lowest BCUT2D eigenvalue weighted by molar-refractivity contribution is -0.126. The number of carbonyl (C=O) groups excluding carboxylic acids is 1. The molecule has 1 amide bonds. The Balaban J connectivity index is 3.96. The summed E-state index contributed by atoms with van der Waals surface area (Å²) in [4.78, 5) is 14.6. The highest BCUT2D eigenvalue weighted by Crippen LogP contribution is 2.21. The van der Waals surface area contributed by atoms with E-state index in [-0.39, 0.29) is 10.9 Å². The summed E-state index contributed by atoms with van der Waals surface area (Å²) in [6.07, 6.45) is 2.68. The minimum absolute atomic E-state index is 0.0558. The standard InChI is InChI=1S/C14H29N3OS/c1-6-14(4,12(15)19)13(18)16-9-7-8-10-17(5)11(2)3/h11H,6-10H2,1-5H3,(H2,15,19)(H,16,18). The van der Waals surface area contributed by atoms with Crippen LogP contribution in [0.25, 0.3) is 0 Å². The van der Waals surface area contributed by atoms with Crippen LogP contribution in [0.1, 0.15) is 47.0 Å². The number of unbranched alkanes of at least 4 members (excludes halogenated alkanes) is 1. The van der Waals surface area contributed by atoms with Crippen molar-refractivity contribution in [1.82, 2.24) is 10.2 Å². The molecule has 0 fully saturated rings. The number of hydrogen-bond donors (Lipinski definition) is 2. The highest BCUT2D eigenvalue weighted by Gasteiger charge is 2.34. The van der Waals surface area contributed by atoms with Gasteiger partial charge in [-0.05, 0) is 53.6 Å². The Morgan fingerprint density at radius 1 is 1.42 bits per heavy atom. The van der Waals surface area contributed by atoms with E-state index in [1.54, 1.807) is 6.92 Å². The molecule has 0 aromatic rings. The quantitative estimate of drug-likeness (QED) is 0.502. The number of nitrogens with two attached hydrogens (primary N) is 1. The summed E-state index contributed by atoms with van der Waals surface area (Å²) >= 11 is 4.98. The van der Waals surface area contributed by atoms with Crippen LogP contribution in [0.5, 0.6) is 0 Å². The molecule has 0 aliphatic heterocycles. The normalized spacial score (nSPS) is 14.5. The van der Waals surface area contributed by atoms with Crippen LogP contribution in [0.3, 0.4) is 0 Å². The summed E-state index contributed by atoms with van der Waals surface area (Å²) in [6.45, 7) is 9.82. The van der Waals surface area contributed by atoms with Crippen molar-refractivity contribution in [3.05, 3.63) is 0 Å². The fourth-order valence-corrected chi connectivity index (χ4v) is 1.83. The Bertz CT molecular complexity index is 307. The van der Waals surface area contributed by atoms with Gasteiger partial charge >= 0.3 is 0 Å². The van der Waals surface area contributed by atoms with Crippen LogP contribution in [0.15, 0.2) is 0 Å². The lowest BCUT2D eigenvalue weighted by atomic mass is 9.86. The van der Waals surface area contributed by atoms with Gasteiger partial charge in [0.25, 0.3) is 0 Å². The number of carbonyl (C=O) groups is 1. The zero-order valence-corrected chi connectivity index (χ0v) is 13.8. The van der Waals surface area contributed by atoms with Gasteiger partial charge in [-0.1, -0.05) is 19.1 Å². The van der Waals surface area contributed by atoms with Crippen LogP contribution in [0.4, 0.5) is 0 Å². The maximum atomic E-state index is 12.1. The molecule has 112 valence electrons. The fourth-order valence-electron chi connectivity index (χ4n) is 1.59. The largest absolute Gasteiger partial charge is 0.392 e. The predicted molar refractivity (Wildman–Crippen MR) is 85.2 cm³/mol. The number of rotatable bonds is 9. The van der Waals surface area contributed by atoms with Crippen LogP contribution in [0, 0.1) is 5.41 Å². The smallest absolute Gasteiger partial charge is 0.232 e. The molecule has 0 aliphatic rings. The fraction of sp³-hybridized carbons (Fsp3) is 0.857. The molecule has 0 aromatic carbocycles. The molecule has 0 aromatic heterocycles. The van der Waals surface area contributed by atoms with Crippen molar-refractivity contribution in [2.45, 2.75) is 53.0 Å². The first-order valence-corrected chi connectivity index (χ1v) is 7.45. The summed E-state index contributed by atoms with van der Waals surface area (Å²) in [5.74, 6) is -0.0558. The monoisotopic (exact) mass is 287 g/mol. The molecular formula is C14H29N3OS. The van der Waals surface area contributed by atoms with Crippen LogP contribution in [0.2, 0.25) is 0 Å². The Morgan fingerprint density at radius 2 is 2.00 bits per heavy atom. The Kier molecular flexibility index (Phi) is 8.18. The van der Waals surface area contributed by atoms with E-state index in [1.807, 2.05) is 6.92 Å². The summed E-state index contributed by atoms with van der Waals surface area (Å²) in [6, 6.07) is 0.563. The summed E-state index contributed by atoms with van der Waals surface area (Å²) in [5.41, 5.74) is 4.93. The topological polar surface area (TPSA) is 58.4 Å².